The van der Waals surface area contributed by atoms with E-state index in [0.29, 0.717) is 25.7 Å². The number of carbonyl (C=O) groups excluding carboxylic acids is 4. The van der Waals surface area contributed by atoms with Crippen LogP contribution in [0.5, 0.6) is 0 Å². The van der Waals surface area contributed by atoms with Gasteiger partial charge in [-0.2, -0.15) is 0 Å². The van der Waals surface area contributed by atoms with Gasteiger partial charge in [-0.1, -0.05) is 402 Å². The Kier molecular flexibility index (Phi) is 74.7. The standard InChI is InChI=1S/C86H168O17P2/c1-8-9-10-11-12-13-39-46-53-60-67-83(88)96-73-81(102-86(91)70-63-56-49-42-35-29-23-21-26-32-38-45-52-59-66-79(6)7)75-100-104(92,93)98-71-80(87)72-99-105(94,95)101-76-82(74-97-84(89)68-61-54-47-40-33-27-22-20-25-31-37-44-51-58-65-78(4)5)103-85(90)69-62-55-48-41-34-28-19-17-15-14-16-18-24-30-36-43-50-57-64-77(2)3/h77-82,87H,8-76H2,1-7H3,(H,92,93)(H,94,95)/t80-,81+,82+/m0/s1. The number of carbonyl (C=O) groups is 4. The summed E-state index contributed by atoms with van der Waals surface area (Å²) in [5, 5.41) is 10.7. The molecule has 3 N–H and O–H groups in total. The molecule has 624 valence electrons. The van der Waals surface area contributed by atoms with Crippen LogP contribution in [0.25, 0.3) is 0 Å². The van der Waals surface area contributed by atoms with Gasteiger partial charge in [0.15, 0.2) is 12.2 Å². The van der Waals surface area contributed by atoms with E-state index < -0.39 is 97.5 Å². The van der Waals surface area contributed by atoms with Crippen LogP contribution in [0.15, 0.2) is 0 Å². The Morgan fingerprint density at radius 3 is 0.648 bits per heavy atom. The third kappa shape index (κ3) is 79.9. The van der Waals surface area contributed by atoms with Gasteiger partial charge in [0.25, 0.3) is 0 Å². The highest BCUT2D eigenvalue weighted by atomic mass is 31.2. The molecule has 0 aliphatic carbocycles. The molecule has 0 spiro atoms. The molecular weight excluding hydrogens is 1370 g/mol. The maximum Gasteiger partial charge on any atom is 0.472 e. The van der Waals surface area contributed by atoms with E-state index in [0.717, 1.165) is 108 Å². The van der Waals surface area contributed by atoms with E-state index in [-0.39, 0.29) is 25.7 Å². The Labute approximate surface area is 645 Å². The summed E-state index contributed by atoms with van der Waals surface area (Å²) >= 11 is 0. The Morgan fingerprint density at radius 2 is 0.438 bits per heavy atom. The Bertz CT molecular complexity index is 2030. The molecule has 0 fully saturated rings. The summed E-state index contributed by atoms with van der Waals surface area (Å²) in [5.41, 5.74) is 0. The monoisotopic (exact) mass is 1540 g/mol. The Balaban J connectivity index is 5.23. The van der Waals surface area contributed by atoms with E-state index >= 15 is 0 Å². The van der Waals surface area contributed by atoms with Crippen LogP contribution in [0.4, 0.5) is 0 Å². The van der Waals surface area contributed by atoms with Crippen molar-refractivity contribution in [2.45, 2.75) is 471 Å². The van der Waals surface area contributed by atoms with Gasteiger partial charge in [0.2, 0.25) is 0 Å². The first-order chi connectivity index (χ1) is 50.7. The first-order valence-electron chi connectivity index (χ1n) is 44.3. The lowest BCUT2D eigenvalue weighted by atomic mass is 10.0. The van der Waals surface area contributed by atoms with Crippen molar-refractivity contribution in [3.05, 3.63) is 0 Å². The maximum atomic E-state index is 13.1. The minimum absolute atomic E-state index is 0.108. The zero-order valence-corrected chi connectivity index (χ0v) is 71.0. The van der Waals surface area contributed by atoms with Gasteiger partial charge in [-0.05, 0) is 43.4 Å². The van der Waals surface area contributed by atoms with Crippen molar-refractivity contribution >= 4 is 39.5 Å². The number of aliphatic hydroxyl groups is 1. The molecule has 0 aromatic heterocycles. The minimum atomic E-state index is -4.97. The zero-order valence-electron chi connectivity index (χ0n) is 69.2. The molecule has 0 aromatic rings. The highest BCUT2D eigenvalue weighted by molar-refractivity contribution is 7.47. The molecule has 0 heterocycles. The summed E-state index contributed by atoms with van der Waals surface area (Å²) in [6, 6.07) is 0. The largest absolute Gasteiger partial charge is 0.472 e. The van der Waals surface area contributed by atoms with Crippen molar-refractivity contribution in [2.75, 3.05) is 39.6 Å². The van der Waals surface area contributed by atoms with E-state index in [1.165, 1.54) is 263 Å². The van der Waals surface area contributed by atoms with Gasteiger partial charge >= 0.3 is 39.5 Å². The van der Waals surface area contributed by atoms with Crippen LogP contribution in [0.1, 0.15) is 453 Å². The molecule has 2 unspecified atom stereocenters. The molecule has 0 bridgehead atoms. The molecule has 17 nitrogen and oxygen atoms in total. The second kappa shape index (κ2) is 76.1. The molecule has 0 aliphatic heterocycles. The second-order valence-electron chi connectivity index (χ2n) is 32.4. The molecule has 105 heavy (non-hydrogen) atoms. The van der Waals surface area contributed by atoms with Gasteiger partial charge in [0.05, 0.1) is 26.4 Å². The lowest BCUT2D eigenvalue weighted by Crippen LogP contribution is -2.30. The van der Waals surface area contributed by atoms with Gasteiger partial charge in [0.1, 0.15) is 19.3 Å². The molecule has 0 aliphatic rings. The summed E-state index contributed by atoms with van der Waals surface area (Å²) in [6.07, 6.45) is 66.6. The van der Waals surface area contributed by atoms with Crippen molar-refractivity contribution in [3.8, 4) is 0 Å². The summed E-state index contributed by atoms with van der Waals surface area (Å²) < 4.78 is 68.9. The van der Waals surface area contributed by atoms with Crippen LogP contribution in [-0.2, 0) is 65.4 Å². The van der Waals surface area contributed by atoms with Crippen LogP contribution in [0, 0.1) is 17.8 Å². The number of hydrogen-bond acceptors (Lipinski definition) is 15. The smallest absolute Gasteiger partial charge is 0.462 e. The molecule has 0 aromatic carbocycles. The van der Waals surface area contributed by atoms with Crippen LogP contribution in [-0.4, -0.2) is 96.7 Å². The predicted octanol–water partition coefficient (Wildman–Crippen LogP) is 26.1. The first kappa shape index (κ1) is 103. The lowest BCUT2D eigenvalue weighted by Gasteiger charge is -2.21. The SMILES string of the molecule is CCCCCCCCCCCCC(=O)OC[C@H](COP(=O)(O)OC[C@H](O)COP(=O)(O)OC[C@@H](COC(=O)CCCCCCCCCCCCCCCCC(C)C)OC(=O)CCCCCCCCCCCCCCCCCCCCC(C)C)OC(=O)CCCCCCCCCCCCCCCCC(C)C. The Morgan fingerprint density at radius 1 is 0.257 bits per heavy atom. The fourth-order valence-corrected chi connectivity index (χ4v) is 14.9. The number of rotatable bonds is 84. The summed E-state index contributed by atoms with van der Waals surface area (Å²) in [7, 11) is -9.93. The lowest BCUT2D eigenvalue weighted by molar-refractivity contribution is -0.161. The van der Waals surface area contributed by atoms with Crippen LogP contribution in [0.2, 0.25) is 0 Å². The fourth-order valence-electron chi connectivity index (χ4n) is 13.4. The van der Waals surface area contributed by atoms with Gasteiger partial charge in [-0.3, -0.25) is 37.3 Å². The average molecular weight is 1540 g/mol. The van der Waals surface area contributed by atoms with Gasteiger partial charge < -0.3 is 33.8 Å². The molecule has 0 saturated carbocycles. The van der Waals surface area contributed by atoms with Crippen molar-refractivity contribution in [3.63, 3.8) is 0 Å². The number of esters is 4. The number of aliphatic hydroxyl groups excluding tert-OH is 1. The molecule has 0 amide bonds. The number of phosphoric acid groups is 2. The second-order valence-corrected chi connectivity index (χ2v) is 35.3. The average Bonchev–Trinajstić information content (AvgIpc) is 0.923. The number of phosphoric ester groups is 2. The molecule has 0 saturated heterocycles. The predicted molar refractivity (Wildman–Crippen MR) is 432 cm³/mol. The van der Waals surface area contributed by atoms with Crippen LogP contribution < -0.4 is 0 Å². The number of unbranched alkanes of at least 4 members (excludes halogenated alkanes) is 52. The highest BCUT2D eigenvalue weighted by Gasteiger charge is 2.30. The van der Waals surface area contributed by atoms with Crippen molar-refractivity contribution in [1.82, 2.24) is 0 Å². The van der Waals surface area contributed by atoms with Crippen molar-refractivity contribution in [1.29, 1.82) is 0 Å². The zero-order chi connectivity index (χ0) is 77.2. The molecular formula is C86H168O17P2. The van der Waals surface area contributed by atoms with Crippen LogP contribution in [0.3, 0.4) is 0 Å². The van der Waals surface area contributed by atoms with Gasteiger partial charge in [-0.25, -0.2) is 9.13 Å². The van der Waals surface area contributed by atoms with Crippen LogP contribution >= 0.6 is 15.6 Å². The van der Waals surface area contributed by atoms with E-state index in [2.05, 4.69) is 48.5 Å². The first-order valence-corrected chi connectivity index (χ1v) is 47.3. The third-order valence-corrected chi connectivity index (χ3v) is 22.0. The fraction of sp³-hybridized carbons (Fsp3) is 0.953. The van der Waals surface area contributed by atoms with E-state index in [1.807, 2.05) is 0 Å². The normalized spacial score (nSPS) is 13.9. The van der Waals surface area contributed by atoms with Crippen molar-refractivity contribution < 1.29 is 80.2 Å². The van der Waals surface area contributed by atoms with E-state index in [9.17, 15) is 43.2 Å². The number of hydrogen-bond donors (Lipinski definition) is 3. The topological polar surface area (TPSA) is 237 Å². The van der Waals surface area contributed by atoms with Gasteiger partial charge in [0, 0.05) is 25.7 Å². The van der Waals surface area contributed by atoms with E-state index in [1.54, 1.807) is 0 Å². The third-order valence-electron chi connectivity index (χ3n) is 20.1. The molecule has 0 rings (SSSR count). The molecule has 19 heteroatoms. The summed E-state index contributed by atoms with van der Waals surface area (Å²) in [4.78, 5) is 73.2. The summed E-state index contributed by atoms with van der Waals surface area (Å²) in [5.74, 6) is 0.311. The highest BCUT2D eigenvalue weighted by Crippen LogP contribution is 2.45. The number of ether oxygens (including phenoxy) is 4. The van der Waals surface area contributed by atoms with Gasteiger partial charge in [-0.15, -0.1) is 0 Å². The Hall–Kier alpha value is -1.94. The van der Waals surface area contributed by atoms with Crippen molar-refractivity contribution in [2.24, 2.45) is 17.8 Å². The van der Waals surface area contributed by atoms with E-state index in [4.69, 9.17) is 37.0 Å². The maximum absolute atomic E-state index is 13.1. The molecule has 5 atom stereocenters. The summed E-state index contributed by atoms with van der Waals surface area (Å²) in [6.45, 7) is 12.1. The minimum Gasteiger partial charge on any atom is -0.462 e. The molecule has 0 radical (unpaired) electrons. The quantitative estimate of drug-likeness (QED) is 0.0222.